The van der Waals surface area contributed by atoms with Gasteiger partial charge in [-0.25, -0.2) is 4.90 Å². The number of amides is 2. The first kappa shape index (κ1) is 14.5. The summed E-state index contributed by atoms with van der Waals surface area (Å²) in [5, 5.41) is 11.3. The maximum atomic E-state index is 12.5. The van der Waals surface area contributed by atoms with Crippen molar-refractivity contribution in [2.24, 2.45) is 0 Å². The standard InChI is InChI=1S/C14H6Cl2N2O4/c15-8-4-2-6-10(12(8)16)17-13(19)7-3-1-5-9(18(21)22)11(7)14(17)20/h1-6H. The number of rotatable bonds is 2. The second-order valence-electron chi connectivity index (χ2n) is 4.48. The van der Waals surface area contributed by atoms with E-state index in [1.54, 1.807) is 0 Å². The summed E-state index contributed by atoms with van der Waals surface area (Å²) in [6, 6.07) is 8.37. The Balaban J connectivity index is 2.21. The first-order valence-corrected chi connectivity index (χ1v) is 6.79. The Morgan fingerprint density at radius 1 is 1.00 bits per heavy atom. The number of hydrogen-bond acceptors (Lipinski definition) is 4. The summed E-state index contributed by atoms with van der Waals surface area (Å²) >= 11 is 11.9. The second-order valence-corrected chi connectivity index (χ2v) is 5.26. The van der Waals surface area contributed by atoms with Crippen LogP contribution < -0.4 is 4.90 Å². The molecule has 3 rings (SSSR count). The van der Waals surface area contributed by atoms with E-state index in [4.69, 9.17) is 23.2 Å². The van der Waals surface area contributed by atoms with Gasteiger partial charge in [0.15, 0.2) is 0 Å². The van der Waals surface area contributed by atoms with E-state index in [2.05, 4.69) is 0 Å². The molecule has 2 aromatic carbocycles. The number of imide groups is 1. The quantitative estimate of drug-likeness (QED) is 0.475. The van der Waals surface area contributed by atoms with Crippen molar-refractivity contribution in [2.75, 3.05) is 4.90 Å². The highest BCUT2D eigenvalue weighted by Crippen LogP contribution is 2.39. The Morgan fingerprint density at radius 2 is 1.68 bits per heavy atom. The van der Waals surface area contributed by atoms with Crippen LogP contribution in [-0.4, -0.2) is 16.7 Å². The molecular weight excluding hydrogens is 331 g/mol. The number of nitro groups is 1. The maximum absolute atomic E-state index is 12.5. The average Bonchev–Trinajstić information content (AvgIpc) is 2.74. The number of nitrogens with zero attached hydrogens (tertiary/aromatic N) is 2. The second kappa shape index (κ2) is 5.08. The predicted octanol–water partition coefficient (Wildman–Crippen LogP) is 3.70. The molecule has 0 aliphatic carbocycles. The summed E-state index contributed by atoms with van der Waals surface area (Å²) in [5.41, 5.74) is -0.602. The molecule has 110 valence electrons. The van der Waals surface area contributed by atoms with Crippen LogP contribution in [0.1, 0.15) is 20.7 Å². The molecule has 0 bridgehead atoms. The summed E-state index contributed by atoms with van der Waals surface area (Å²) in [6.07, 6.45) is 0. The predicted molar refractivity (Wildman–Crippen MR) is 80.7 cm³/mol. The SMILES string of the molecule is O=C1c2cccc([N+](=O)[O-])c2C(=O)N1c1cccc(Cl)c1Cl. The molecule has 0 radical (unpaired) electrons. The van der Waals surface area contributed by atoms with E-state index in [1.165, 1.54) is 36.4 Å². The monoisotopic (exact) mass is 336 g/mol. The van der Waals surface area contributed by atoms with E-state index < -0.39 is 22.4 Å². The summed E-state index contributed by atoms with van der Waals surface area (Å²) < 4.78 is 0. The summed E-state index contributed by atoms with van der Waals surface area (Å²) in [4.78, 5) is 36.1. The molecule has 0 unspecified atom stereocenters. The fraction of sp³-hybridized carbons (Fsp3) is 0. The van der Waals surface area contributed by atoms with Crippen LogP contribution in [0.25, 0.3) is 0 Å². The first-order valence-electron chi connectivity index (χ1n) is 6.03. The van der Waals surface area contributed by atoms with Crippen LogP contribution in [0.2, 0.25) is 10.0 Å². The van der Waals surface area contributed by atoms with Gasteiger partial charge in [-0.05, 0) is 18.2 Å². The summed E-state index contributed by atoms with van der Waals surface area (Å²) in [6.45, 7) is 0. The van der Waals surface area contributed by atoms with E-state index in [0.717, 1.165) is 4.90 Å². The lowest BCUT2D eigenvalue weighted by molar-refractivity contribution is -0.385. The van der Waals surface area contributed by atoms with Gasteiger partial charge >= 0.3 is 0 Å². The Labute approximate surface area is 134 Å². The number of benzene rings is 2. The van der Waals surface area contributed by atoms with Crippen LogP contribution in [0, 0.1) is 10.1 Å². The van der Waals surface area contributed by atoms with Crippen molar-refractivity contribution in [3.05, 3.63) is 67.7 Å². The number of anilines is 1. The van der Waals surface area contributed by atoms with Crippen molar-refractivity contribution in [3.8, 4) is 0 Å². The highest BCUT2D eigenvalue weighted by Gasteiger charge is 2.42. The molecular formula is C14H6Cl2N2O4. The first-order chi connectivity index (χ1) is 10.4. The van der Waals surface area contributed by atoms with Crippen LogP contribution in [0.15, 0.2) is 36.4 Å². The average molecular weight is 337 g/mol. The number of hydrogen-bond donors (Lipinski definition) is 0. The molecule has 1 aliphatic rings. The molecule has 1 aliphatic heterocycles. The van der Waals surface area contributed by atoms with E-state index in [9.17, 15) is 19.7 Å². The van der Waals surface area contributed by atoms with Crippen LogP contribution in [0.5, 0.6) is 0 Å². The molecule has 0 spiro atoms. The molecule has 0 aromatic heterocycles. The minimum atomic E-state index is -0.795. The zero-order chi connectivity index (χ0) is 16.0. The minimum absolute atomic E-state index is 0.0290. The molecule has 1 heterocycles. The van der Waals surface area contributed by atoms with Gasteiger partial charge < -0.3 is 0 Å². The number of carbonyl (C=O) groups is 2. The third kappa shape index (κ3) is 1.96. The fourth-order valence-electron chi connectivity index (χ4n) is 2.30. The van der Waals surface area contributed by atoms with Gasteiger partial charge in [-0.15, -0.1) is 0 Å². The molecule has 0 saturated heterocycles. The molecule has 2 aromatic rings. The van der Waals surface area contributed by atoms with E-state index >= 15 is 0 Å². The topological polar surface area (TPSA) is 80.5 Å². The molecule has 6 nitrogen and oxygen atoms in total. The van der Waals surface area contributed by atoms with Crippen molar-refractivity contribution in [3.63, 3.8) is 0 Å². The van der Waals surface area contributed by atoms with Gasteiger partial charge in [-0.2, -0.15) is 0 Å². The Morgan fingerprint density at radius 3 is 2.36 bits per heavy atom. The van der Waals surface area contributed by atoms with Crippen LogP contribution in [-0.2, 0) is 0 Å². The number of carbonyl (C=O) groups excluding carboxylic acids is 2. The smallest absolute Gasteiger partial charge is 0.268 e. The highest BCUT2D eigenvalue weighted by atomic mass is 35.5. The zero-order valence-electron chi connectivity index (χ0n) is 10.7. The molecule has 8 heteroatoms. The lowest BCUT2D eigenvalue weighted by Crippen LogP contribution is -2.29. The van der Waals surface area contributed by atoms with Crippen molar-refractivity contribution in [1.29, 1.82) is 0 Å². The molecule has 0 atom stereocenters. The van der Waals surface area contributed by atoms with Crippen molar-refractivity contribution in [1.82, 2.24) is 0 Å². The van der Waals surface area contributed by atoms with Gasteiger partial charge in [0.05, 0.1) is 26.2 Å². The van der Waals surface area contributed by atoms with Gasteiger partial charge in [0.1, 0.15) is 5.56 Å². The maximum Gasteiger partial charge on any atom is 0.283 e. The van der Waals surface area contributed by atoms with E-state index in [1.807, 2.05) is 0 Å². The van der Waals surface area contributed by atoms with Gasteiger partial charge in [0.2, 0.25) is 0 Å². The molecule has 0 N–H and O–H groups in total. The third-order valence-corrected chi connectivity index (χ3v) is 4.07. The summed E-state index contributed by atoms with van der Waals surface area (Å²) in [5.74, 6) is -1.47. The molecule has 2 amide bonds. The van der Waals surface area contributed by atoms with E-state index in [0.29, 0.717) is 0 Å². The zero-order valence-corrected chi connectivity index (χ0v) is 12.3. The van der Waals surface area contributed by atoms with Gasteiger partial charge in [0.25, 0.3) is 17.5 Å². The fourth-order valence-corrected chi connectivity index (χ4v) is 2.68. The lowest BCUT2D eigenvalue weighted by Gasteiger charge is -2.15. The molecule has 0 fully saturated rings. The Hall–Kier alpha value is -2.44. The Kier molecular flexibility index (Phi) is 3.35. The van der Waals surface area contributed by atoms with Crippen molar-refractivity contribution >= 4 is 46.4 Å². The lowest BCUT2D eigenvalue weighted by atomic mass is 10.1. The van der Waals surface area contributed by atoms with Crippen LogP contribution in [0.4, 0.5) is 11.4 Å². The molecule has 0 saturated carbocycles. The Bertz CT molecular complexity index is 851. The summed E-state index contributed by atoms with van der Waals surface area (Å²) in [7, 11) is 0. The largest absolute Gasteiger partial charge is 0.283 e. The van der Waals surface area contributed by atoms with Gasteiger partial charge in [0, 0.05) is 6.07 Å². The highest BCUT2D eigenvalue weighted by molar-refractivity contribution is 6.46. The third-order valence-electron chi connectivity index (χ3n) is 3.26. The van der Waals surface area contributed by atoms with Crippen molar-refractivity contribution in [2.45, 2.75) is 0 Å². The number of halogens is 2. The normalized spacial score (nSPS) is 13.5. The number of nitro benzene ring substituents is 1. The van der Waals surface area contributed by atoms with E-state index in [-0.39, 0.29) is 26.9 Å². The molecule has 22 heavy (non-hydrogen) atoms. The van der Waals surface area contributed by atoms with Crippen molar-refractivity contribution < 1.29 is 14.5 Å². The van der Waals surface area contributed by atoms with Gasteiger partial charge in [-0.3, -0.25) is 19.7 Å². The minimum Gasteiger partial charge on any atom is -0.268 e. The van der Waals surface area contributed by atoms with Gasteiger partial charge in [-0.1, -0.05) is 35.3 Å². The number of fused-ring (bicyclic) bond motifs is 1. The van der Waals surface area contributed by atoms with Crippen LogP contribution in [0.3, 0.4) is 0 Å². The van der Waals surface area contributed by atoms with Crippen LogP contribution >= 0.6 is 23.2 Å².